The molecule has 0 spiro atoms. The van der Waals surface area contributed by atoms with Gasteiger partial charge < -0.3 is 24.4 Å². The minimum absolute atomic E-state index is 0.372. The van der Waals surface area contributed by atoms with E-state index in [1.165, 1.54) is 0 Å². The van der Waals surface area contributed by atoms with E-state index in [1.54, 1.807) is 45.2 Å². The molecule has 0 saturated carbocycles. The van der Waals surface area contributed by atoms with Gasteiger partial charge in [0.25, 0.3) is 6.29 Å². The van der Waals surface area contributed by atoms with Gasteiger partial charge in [-0.15, -0.1) is 0 Å². The number of rotatable bonds is 6. The van der Waals surface area contributed by atoms with Crippen LogP contribution < -0.4 is 4.74 Å². The van der Waals surface area contributed by atoms with Gasteiger partial charge in [-0.2, -0.15) is 0 Å². The summed E-state index contributed by atoms with van der Waals surface area (Å²) in [7, 11) is 1.56. The second-order valence-electron chi connectivity index (χ2n) is 5.67. The molecule has 1 heterocycles. The largest absolute Gasteiger partial charge is 0.497 e. The Bertz CT molecular complexity index is 657. The Morgan fingerprint density at radius 1 is 1.00 bits per heavy atom. The zero-order valence-electron chi connectivity index (χ0n) is 15.3. The van der Waals surface area contributed by atoms with Crippen molar-refractivity contribution in [2.24, 2.45) is 5.41 Å². The molecule has 1 aromatic carbocycles. The Morgan fingerprint density at radius 2 is 1.44 bits per heavy atom. The number of hydrogen-bond donors (Lipinski definition) is 2. The van der Waals surface area contributed by atoms with Gasteiger partial charge in [-0.05, 0) is 37.1 Å². The van der Waals surface area contributed by atoms with Crippen molar-refractivity contribution in [3.05, 3.63) is 29.8 Å². The summed E-state index contributed by atoms with van der Waals surface area (Å²) in [4.78, 5) is 43.2. The monoisotopic (exact) mass is 382 g/mol. The molecule has 148 valence electrons. The van der Waals surface area contributed by atoms with E-state index in [0.717, 1.165) is 0 Å². The maximum absolute atomic E-state index is 12.1. The fourth-order valence-corrected chi connectivity index (χ4v) is 2.38. The van der Waals surface area contributed by atoms with Gasteiger partial charge in [0.1, 0.15) is 12.2 Å². The van der Waals surface area contributed by atoms with Crippen LogP contribution in [0.5, 0.6) is 5.75 Å². The van der Waals surface area contributed by atoms with Crippen LogP contribution >= 0.6 is 0 Å². The smallest absolute Gasteiger partial charge is 0.326 e. The quantitative estimate of drug-likeness (QED) is 0.560. The van der Waals surface area contributed by atoms with Crippen molar-refractivity contribution in [1.82, 2.24) is 0 Å². The SMILES string of the molecule is CCC1(CC)C(=O)OC(c2ccc(OC)cc2)OC1=O.O=C(O)CC(=O)O. The number of benzene rings is 1. The molecule has 1 aromatic rings. The number of carbonyl (C=O) groups excluding carboxylic acids is 2. The topological polar surface area (TPSA) is 136 Å². The summed E-state index contributed by atoms with van der Waals surface area (Å²) in [6.45, 7) is 3.56. The Balaban J connectivity index is 0.000000445. The van der Waals surface area contributed by atoms with Gasteiger partial charge in [0.2, 0.25) is 0 Å². The van der Waals surface area contributed by atoms with E-state index in [9.17, 15) is 19.2 Å². The summed E-state index contributed by atoms with van der Waals surface area (Å²) in [5, 5.41) is 15.4. The molecule has 27 heavy (non-hydrogen) atoms. The molecule has 2 N–H and O–H groups in total. The van der Waals surface area contributed by atoms with Crippen molar-refractivity contribution in [1.29, 1.82) is 0 Å². The van der Waals surface area contributed by atoms with Crippen LogP contribution in [0.25, 0.3) is 0 Å². The van der Waals surface area contributed by atoms with Crippen molar-refractivity contribution in [3.8, 4) is 5.75 Å². The highest BCUT2D eigenvalue weighted by Gasteiger charge is 2.51. The number of aliphatic carboxylic acids is 2. The van der Waals surface area contributed by atoms with Gasteiger partial charge >= 0.3 is 23.9 Å². The van der Waals surface area contributed by atoms with Crippen LogP contribution in [0.1, 0.15) is 45.0 Å². The maximum atomic E-state index is 12.1. The van der Waals surface area contributed by atoms with Crippen LogP contribution in [0.15, 0.2) is 24.3 Å². The number of ether oxygens (including phenoxy) is 3. The first kappa shape index (κ1) is 21.9. The molecule has 0 aromatic heterocycles. The highest BCUT2D eigenvalue weighted by atomic mass is 16.7. The molecule has 0 bridgehead atoms. The van der Waals surface area contributed by atoms with Gasteiger partial charge in [-0.3, -0.25) is 19.2 Å². The Morgan fingerprint density at radius 3 is 1.74 bits per heavy atom. The maximum Gasteiger partial charge on any atom is 0.326 e. The number of carboxylic acid groups (broad SMARTS) is 2. The second kappa shape index (κ2) is 9.56. The fourth-order valence-electron chi connectivity index (χ4n) is 2.38. The van der Waals surface area contributed by atoms with E-state index < -0.39 is 42.0 Å². The average Bonchev–Trinajstić information content (AvgIpc) is 2.61. The molecular formula is C18H22O9. The molecule has 1 fully saturated rings. The Hall–Kier alpha value is -3.10. The van der Waals surface area contributed by atoms with Crippen LogP contribution in [0.2, 0.25) is 0 Å². The summed E-state index contributed by atoms with van der Waals surface area (Å²) in [6.07, 6.45) is -1.04. The minimum atomic E-state index is -1.31. The van der Waals surface area contributed by atoms with Gasteiger partial charge in [0.15, 0.2) is 5.41 Å². The second-order valence-corrected chi connectivity index (χ2v) is 5.67. The molecular weight excluding hydrogens is 360 g/mol. The van der Waals surface area contributed by atoms with E-state index in [4.69, 9.17) is 24.4 Å². The third-order valence-corrected chi connectivity index (χ3v) is 4.11. The minimum Gasteiger partial charge on any atom is -0.497 e. The molecule has 2 rings (SSSR count). The first-order valence-corrected chi connectivity index (χ1v) is 8.19. The first-order chi connectivity index (χ1) is 12.7. The molecule has 9 heteroatoms. The predicted molar refractivity (Wildman–Crippen MR) is 90.8 cm³/mol. The van der Waals surface area contributed by atoms with Crippen LogP contribution in [-0.4, -0.2) is 41.2 Å². The van der Waals surface area contributed by atoms with Crippen LogP contribution in [-0.2, 0) is 28.7 Å². The zero-order chi connectivity index (χ0) is 20.6. The highest BCUT2D eigenvalue weighted by molar-refractivity contribution is 6.01. The van der Waals surface area contributed by atoms with E-state index in [2.05, 4.69) is 0 Å². The third-order valence-electron chi connectivity index (χ3n) is 4.11. The number of esters is 2. The predicted octanol–water partition coefficient (Wildman–Crippen LogP) is 2.15. The van der Waals surface area contributed by atoms with Gasteiger partial charge in [0, 0.05) is 5.56 Å². The fraction of sp³-hybridized carbons (Fsp3) is 0.444. The summed E-state index contributed by atoms with van der Waals surface area (Å²) in [6, 6.07) is 6.85. The van der Waals surface area contributed by atoms with Gasteiger partial charge in [-0.25, -0.2) is 0 Å². The molecule has 0 atom stereocenters. The van der Waals surface area contributed by atoms with Crippen molar-refractivity contribution < 1.29 is 43.6 Å². The summed E-state index contributed by atoms with van der Waals surface area (Å²) >= 11 is 0. The normalized spacial score (nSPS) is 15.7. The van der Waals surface area contributed by atoms with E-state index >= 15 is 0 Å². The lowest BCUT2D eigenvalue weighted by molar-refractivity contribution is -0.226. The molecule has 0 amide bonds. The van der Waals surface area contributed by atoms with Crippen LogP contribution in [0, 0.1) is 5.41 Å². The van der Waals surface area contributed by atoms with Gasteiger partial charge in [-0.1, -0.05) is 13.8 Å². The Kier molecular flexibility index (Phi) is 7.77. The average molecular weight is 382 g/mol. The summed E-state index contributed by atoms with van der Waals surface area (Å²) in [5.41, 5.74) is -0.559. The number of carbonyl (C=O) groups is 4. The molecule has 9 nitrogen and oxygen atoms in total. The molecule has 0 radical (unpaired) electrons. The van der Waals surface area contributed by atoms with Crippen molar-refractivity contribution in [2.45, 2.75) is 39.4 Å². The lowest BCUT2D eigenvalue weighted by atomic mass is 9.82. The molecule has 1 aliphatic rings. The van der Waals surface area contributed by atoms with Crippen molar-refractivity contribution in [2.75, 3.05) is 7.11 Å². The van der Waals surface area contributed by atoms with Crippen molar-refractivity contribution >= 4 is 23.9 Å². The number of methoxy groups -OCH3 is 1. The highest BCUT2D eigenvalue weighted by Crippen LogP contribution is 2.39. The molecule has 0 aliphatic carbocycles. The third kappa shape index (κ3) is 5.44. The van der Waals surface area contributed by atoms with E-state index in [0.29, 0.717) is 24.2 Å². The van der Waals surface area contributed by atoms with Crippen LogP contribution in [0.3, 0.4) is 0 Å². The molecule has 1 saturated heterocycles. The lowest BCUT2D eigenvalue weighted by Gasteiger charge is -2.35. The number of hydrogen-bond acceptors (Lipinski definition) is 7. The van der Waals surface area contributed by atoms with Gasteiger partial charge in [0.05, 0.1) is 7.11 Å². The molecule has 1 aliphatic heterocycles. The van der Waals surface area contributed by atoms with E-state index in [-0.39, 0.29) is 0 Å². The lowest BCUT2D eigenvalue weighted by Crippen LogP contribution is -2.46. The Labute approximate surface area is 155 Å². The number of carboxylic acids is 2. The standard InChI is InChI=1S/C15H18O5.C3H4O4/c1-4-15(5-2)13(16)19-12(20-14(15)17)10-6-8-11(18-3)9-7-10;4-2(5)1-3(6)7/h6-9,12H,4-5H2,1-3H3;1H2,(H,4,5)(H,6,7). The summed E-state index contributed by atoms with van der Waals surface area (Å²) in [5.74, 6) is -2.97. The van der Waals surface area contributed by atoms with Crippen molar-refractivity contribution in [3.63, 3.8) is 0 Å². The zero-order valence-corrected chi connectivity index (χ0v) is 15.3. The van der Waals surface area contributed by atoms with Crippen LogP contribution in [0.4, 0.5) is 0 Å². The molecule has 0 unspecified atom stereocenters. The first-order valence-electron chi connectivity index (χ1n) is 8.19. The van der Waals surface area contributed by atoms with E-state index in [1.807, 2.05) is 0 Å². The summed E-state index contributed by atoms with van der Waals surface area (Å²) < 4.78 is 15.6. The number of cyclic esters (lactones) is 2.